The molecule has 0 spiro atoms. The van der Waals surface area contributed by atoms with Gasteiger partial charge in [0.2, 0.25) is 5.52 Å². The minimum Gasteiger partial charge on any atom is -0.530 e. The third-order valence-corrected chi connectivity index (χ3v) is 5.04. The standard InChI is InChI=1S/C15H18N4O4/c20-15(21)18-5-3-17(4-6-18)12-2-1-10-9-14-13(8-11(10)7-12)16-23-19(14)22/h8-9,12H,1-7H2,(H-,16,20,21,22). The van der Waals surface area contributed by atoms with Crippen LogP contribution < -0.4 is 9.71 Å². The zero-order valence-electron chi connectivity index (χ0n) is 12.7. The number of aromatic nitrogens is 2. The number of piperazine rings is 1. The molecule has 1 aliphatic heterocycles. The maximum atomic E-state index is 11.5. The quantitative estimate of drug-likeness (QED) is 0.764. The molecule has 4 rings (SSSR count). The van der Waals surface area contributed by atoms with Gasteiger partial charge in [0, 0.05) is 38.3 Å². The molecule has 1 fully saturated rings. The maximum Gasteiger partial charge on any atom is 0.272 e. The molecule has 2 aromatic rings. The van der Waals surface area contributed by atoms with Crippen LogP contribution in [0.2, 0.25) is 0 Å². The summed E-state index contributed by atoms with van der Waals surface area (Å²) in [5, 5.41) is 13.5. The van der Waals surface area contributed by atoms with Crippen LogP contribution in [0.5, 0.6) is 0 Å². The molecule has 1 atom stereocenters. The first-order chi connectivity index (χ1) is 11.1. The van der Waals surface area contributed by atoms with E-state index in [0.717, 1.165) is 32.4 Å². The van der Waals surface area contributed by atoms with Crippen molar-refractivity contribution in [1.82, 2.24) is 15.0 Å². The molecule has 0 radical (unpaired) electrons. The Labute approximate surface area is 131 Å². The number of benzene rings is 1. The summed E-state index contributed by atoms with van der Waals surface area (Å²) in [5.74, 6) is 0. The number of aryl methyl sites for hydroxylation is 1. The van der Waals surface area contributed by atoms with Crippen molar-refractivity contribution in [3.8, 4) is 0 Å². The van der Waals surface area contributed by atoms with Gasteiger partial charge in [-0.3, -0.25) is 4.90 Å². The molecule has 8 nitrogen and oxygen atoms in total. The fraction of sp³-hybridized carbons (Fsp3) is 0.533. The van der Waals surface area contributed by atoms with Gasteiger partial charge in [0.15, 0.2) is 4.60 Å². The molecule has 0 bridgehead atoms. The number of carboxylic acid groups (broad SMARTS) is 1. The number of hydrogen-bond donors (Lipinski definition) is 1. The van der Waals surface area contributed by atoms with Crippen LogP contribution in [0.15, 0.2) is 16.8 Å². The summed E-state index contributed by atoms with van der Waals surface area (Å²) in [6.45, 7) is 2.51. The van der Waals surface area contributed by atoms with Crippen LogP contribution in [0.1, 0.15) is 17.5 Å². The van der Waals surface area contributed by atoms with E-state index in [1.807, 2.05) is 12.1 Å². The number of hydrogen-bond acceptors (Lipinski definition) is 5. The number of carbonyl (C=O) groups is 1. The summed E-state index contributed by atoms with van der Waals surface area (Å²) >= 11 is 0. The highest BCUT2D eigenvalue weighted by Crippen LogP contribution is 2.27. The second kappa shape index (κ2) is 5.38. The van der Waals surface area contributed by atoms with Gasteiger partial charge < -0.3 is 14.8 Å². The molecule has 1 aromatic heterocycles. The third kappa shape index (κ3) is 2.48. The van der Waals surface area contributed by atoms with Crippen LogP contribution in [0.25, 0.3) is 11.0 Å². The predicted molar refractivity (Wildman–Crippen MR) is 78.3 cm³/mol. The Balaban J connectivity index is 1.51. The SMILES string of the molecule is O=C([O-])N1CCN(C2CCc3cc4c(cc3C2)[nH]o[n+]4=O)CC1. The zero-order chi connectivity index (χ0) is 16.0. The van der Waals surface area contributed by atoms with Gasteiger partial charge in [-0.15, -0.1) is 0 Å². The fourth-order valence-corrected chi connectivity index (χ4v) is 3.73. The number of fused-ring (bicyclic) bond motifs is 2. The van der Waals surface area contributed by atoms with Gasteiger partial charge in [0.25, 0.3) is 5.52 Å². The van der Waals surface area contributed by atoms with E-state index < -0.39 is 6.09 Å². The predicted octanol–water partition coefficient (Wildman–Crippen LogP) is -0.506. The van der Waals surface area contributed by atoms with E-state index in [1.54, 1.807) is 0 Å². The van der Waals surface area contributed by atoms with Gasteiger partial charge in [-0.25, -0.2) is 0 Å². The lowest BCUT2D eigenvalue weighted by atomic mass is 9.87. The fourth-order valence-electron chi connectivity index (χ4n) is 3.73. The van der Waals surface area contributed by atoms with Gasteiger partial charge in [-0.2, -0.15) is 0 Å². The van der Waals surface area contributed by atoms with Gasteiger partial charge in [0.05, 0.1) is 0 Å². The van der Waals surface area contributed by atoms with Crippen LogP contribution in [0.3, 0.4) is 0 Å². The highest BCUT2D eigenvalue weighted by Gasteiger charge is 2.28. The van der Waals surface area contributed by atoms with Crippen molar-refractivity contribution in [3.05, 3.63) is 28.2 Å². The molecule has 122 valence electrons. The summed E-state index contributed by atoms with van der Waals surface area (Å²) in [5.41, 5.74) is 3.67. The van der Waals surface area contributed by atoms with Crippen molar-refractivity contribution in [1.29, 1.82) is 0 Å². The van der Waals surface area contributed by atoms with Crippen molar-refractivity contribution in [2.75, 3.05) is 26.2 Å². The Morgan fingerprint density at radius 1 is 1.26 bits per heavy atom. The number of nitrogens with one attached hydrogen (secondary N) is 1. The number of nitrogens with zero attached hydrogens (tertiary/aromatic N) is 3. The molecule has 1 saturated heterocycles. The lowest BCUT2D eigenvalue weighted by Gasteiger charge is -2.41. The van der Waals surface area contributed by atoms with E-state index in [-0.39, 0.29) is 0 Å². The van der Waals surface area contributed by atoms with Crippen LogP contribution in [-0.4, -0.2) is 53.3 Å². The molecule has 1 N–H and O–H groups in total. The summed E-state index contributed by atoms with van der Waals surface area (Å²) in [7, 11) is 0. The van der Waals surface area contributed by atoms with E-state index >= 15 is 0 Å². The van der Waals surface area contributed by atoms with Crippen molar-refractivity contribution in [2.45, 2.75) is 25.3 Å². The van der Waals surface area contributed by atoms with Gasteiger partial charge in [-0.1, -0.05) is 9.79 Å². The molecule has 23 heavy (non-hydrogen) atoms. The molecule has 1 unspecified atom stereocenters. The van der Waals surface area contributed by atoms with Crippen LogP contribution in [0.4, 0.5) is 4.79 Å². The van der Waals surface area contributed by atoms with E-state index in [0.29, 0.717) is 34.8 Å². The summed E-state index contributed by atoms with van der Waals surface area (Å²) < 4.78 is 5.27. The number of H-pyrrole nitrogens is 1. The first-order valence-corrected chi connectivity index (χ1v) is 7.88. The molecule has 1 amide bonds. The molecule has 0 saturated carbocycles. The van der Waals surface area contributed by atoms with Gasteiger partial charge >= 0.3 is 0 Å². The van der Waals surface area contributed by atoms with Crippen LogP contribution >= 0.6 is 0 Å². The first kappa shape index (κ1) is 14.3. The molecule has 2 aliphatic rings. The first-order valence-electron chi connectivity index (χ1n) is 7.88. The lowest BCUT2D eigenvalue weighted by Crippen LogP contribution is -2.55. The largest absolute Gasteiger partial charge is 0.530 e. The van der Waals surface area contributed by atoms with Crippen LogP contribution in [0, 0.1) is 4.91 Å². The molecule has 8 heteroatoms. The number of rotatable bonds is 1. The Kier molecular flexibility index (Phi) is 3.33. The number of aromatic amines is 1. The topological polar surface area (TPSA) is 98.5 Å². The number of carbonyl (C=O) groups excluding carboxylic acids is 1. The average molecular weight is 318 g/mol. The van der Waals surface area contributed by atoms with Gasteiger partial charge in [-0.05, 0) is 41.4 Å². The van der Waals surface area contributed by atoms with Crippen LogP contribution in [-0.2, 0) is 12.8 Å². The Morgan fingerprint density at radius 2 is 2.04 bits per heavy atom. The van der Waals surface area contributed by atoms with Crippen molar-refractivity contribution < 1.29 is 19.1 Å². The van der Waals surface area contributed by atoms with Crippen molar-refractivity contribution in [3.63, 3.8) is 0 Å². The monoisotopic (exact) mass is 318 g/mol. The third-order valence-electron chi connectivity index (χ3n) is 5.04. The van der Waals surface area contributed by atoms with E-state index in [4.69, 9.17) is 4.63 Å². The minimum absolute atomic E-state index is 0.412. The highest BCUT2D eigenvalue weighted by molar-refractivity contribution is 5.72. The maximum absolute atomic E-state index is 11.5. The summed E-state index contributed by atoms with van der Waals surface area (Å²) in [6.07, 6.45) is 1.77. The highest BCUT2D eigenvalue weighted by atomic mass is 16.7. The normalized spacial score (nSPS) is 22.3. The molecule has 1 aliphatic carbocycles. The molecule has 1 aromatic carbocycles. The van der Waals surface area contributed by atoms with Crippen molar-refractivity contribution >= 4 is 17.1 Å². The Hall–Kier alpha value is -2.35. The zero-order valence-corrected chi connectivity index (χ0v) is 12.7. The van der Waals surface area contributed by atoms with Gasteiger partial charge in [0.1, 0.15) is 6.09 Å². The average Bonchev–Trinajstić information content (AvgIpc) is 2.93. The summed E-state index contributed by atoms with van der Waals surface area (Å²) in [4.78, 5) is 26.1. The second-order valence-electron chi connectivity index (χ2n) is 6.27. The van der Waals surface area contributed by atoms with E-state index in [1.165, 1.54) is 16.0 Å². The molecular formula is C15H18N4O4. The van der Waals surface area contributed by atoms with Crippen molar-refractivity contribution in [2.24, 2.45) is 0 Å². The lowest BCUT2D eigenvalue weighted by molar-refractivity contribution is -0.692. The minimum atomic E-state index is -1.08. The summed E-state index contributed by atoms with van der Waals surface area (Å²) in [6, 6.07) is 4.31. The second-order valence-corrected chi connectivity index (χ2v) is 6.27. The molecule has 2 heterocycles. The van der Waals surface area contributed by atoms with E-state index in [9.17, 15) is 14.8 Å². The Morgan fingerprint density at radius 3 is 2.78 bits per heavy atom. The Bertz CT molecular complexity index is 803. The molecular weight excluding hydrogens is 300 g/mol. The van der Waals surface area contributed by atoms with E-state index in [2.05, 4.69) is 10.1 Å². The smallest absolute Gasteiger partial charge is 0.272 e. The number of amides is 1.